The Balaban J connectivity index is 2.01. The average molecular weight is 324 g/mol. The molecule has 0 bridgehead atoms. The van der Waals surface area contributed by atoms with Gasteiger partial charge in [-0.3, -0.25) is 4.79 Å². The summed E-state index contributed by atoms with van der Waals surface area (Å²) in [7, 11) is 0. The number of amides is 1. The van der Waals surface area contributed by atoms with Gasteiger partial charge in [0.1, 0.15) is 0 Å². The third kappa shape index (κ3) is 4.68. The average Bonchev–Trinajstić information content (AvgIpc) is 2.56. The first-order valence-corrected chi connectivity index (χ1v) is 8.59. The minimum Gasteiger partial charge on any atom is -0.352 e. The van der Waals surface area contributed by atoms with Crippen LogP contribution in [-0.2, 0) is 11.2 Å². The predicted molar refractivity (Wildman–Crippen MR) is 101 cm³/mol. The third-order valence-corrected chi connectivity index (χ3v) is 4.57. The van der Waals surface area contributed by atoms with Crippen LogP contribution < -0.4 is 11.1 Å². The second-order valence-electron chi connectivity index (χ2n) is 6.86. The molecule has 2 aromatic carbocycles. The number of carbonyl (C=O) groups excluding carboxylic acids is 1. The van der Waals surface area contributed by atoms with Crippen molar-refractivity contribution in [3.05, 3.63) is 59.7 Å². The van der Waals surface area contributed by atoms with Crippen LogP contribution >= 0.6 is 0 Å². The van der Waals surface area contributed by atoms with Crippen LogP contribution in [0.1, 0.15) is 31.9 Å². The van der Waals surface area contributed by atoms with Gasteiger partial charge in [0.05, 0.1) is 6.04 Å². The standard InChI is InChI=1S/C21H28N2O/c1-14(2)16(4)23-21(24)20(22)13-17-9-11-18(12-10-17)19-8-6-5-7-15(19)3/h5-12,14,16,20H,13,22H2,1-4H3,(H,23,24). The van der Waals surface area contributed by atoms with Gasteiger partial charge in [0.15, 0.2) is 0 Å². The third-order valence-electron chi connectivity index (χ3n) is 4.57. The van der Waals surface area contributed by atoms with Crippen LogP contribution in [0.2, 0.25) is 0 Å². The van der Waals surface area contributed by atoms with E-state index in [0.717, 1.165) is 5.56 Å². The second-order valence-corrected chi connectivity index (χ2v) is 6.86. The largest absolute Gasteiger partial charge is 0.352 e. The molecular formula is C21H28N2O. The van der Waals surface area contributed by atoms with Crippen LogP contribution in [0.3, 0.4) is 0 Å². The SMILES string of the molecule is Cc1ccccc1-c1ccc(CC(N)C(=O)NC(C)C(C)C)cc1. The van der Waals surface area contributed by atoms with Crippen molar-refractivity contribution in [3.63, 3.8) is 0 Å². The molecule has 128 valence electrons. The molecule has 0 spiro atoms. The van der Waals surface area contributed by atoms with Crippen LogP contribution in [0.5, 0.6) is 0 Å². The molecule has 0 saturated carbocycles. The van der Waals surface area contributed by atoms with Gasteiger partial charge in [-0.15, -0.1) is 0 Å². The molecule has 0 aliphatic rings. The van der Waals surface area contributed by atoms with Gasteiger partial charge in [-0.05, 0) is 48.4 Å². The van der Waals surface area contributed by atoms with Crippen LogP contribution in [-0.4, -0.2) is 18.0 Å². The first-order valence-electron chi connectivity index (χ1n) is 8.59. The van der Waals surface area contributed by atoms with Gasteiger partial charge in [-0.25, -0.2) is 0 Å². The quantitative estimate of drug-likeness (QED) is 0.851. The van der Waals surface area contributed by atoms with E-state index in [2.05, 4.69) is 62.5 Å². The summed E-state index contributed by atoms with van der Waals surface area (Å²) in [6, 6.07) is 16.2. The molecule has 0 fully saturated rings. The summed E-state index contributed by atoms with van der Waals surface area (Å²) in [6.45, 7) is 8.28. The lowest BCUT2D eigenvalue weighted by Gasteiger charge is -2.20. The Morgan fingerprint density at radius 1 is 1.04 bits per heavy atom. The fraction of sp³-hybridized carbons (Fsp3) is 0.381. The van der Waals surface area contributed by atoms with Crippen LogP contribution in [0.15, 0.2) is 48.5 Å². The Bertz CT molecular complexity index is 676. The summed E-state index contributed by atoms with van der Waals surface area (Å²) in [5.41, 5.74) is 10.8. The van der Waals surface area contributed by atoms with E-state index in [1.165, 1.54) is 16.7 Å². The van der Waals surface area contributed by atoms with Gasteiger partial charge >= 0.3 is 0 Å². The van der Waals surface area contributed by atoms with Crippen molar-refractivity contribution in [2.45, 2.75) is 46.2 Å². The molecule has 2 rings (SSSR count). The predicted octanol–water partition coefficient (Wildman–Crippen LogP) is 3.69. The number of rotatable bonds is 6. The van der Waals surface area contributed by atoms with E-state index in [1.54, 1.807) is 0 Å². The summed E-state index contributed by atoms with van der Waals surface area (Å²) < 4.78 is 0. The van der Waals surface area contributed by atoms with E-state index in [4.69, 9.17) is 5.73 Å². The Morgan fingerprint density at radius 3 is 2.25 bits per heavy atom. The number of benzene rings is 2. The lowest BCUT2D eigenvalue weighted by molar-refractivity contribution is -0.123. The molecule has 0 aromatic heterocycles. The minimum atomic E-state index is -0.518. The molecule has 0 heterocycles. The molecule has 0 radical (unpaired) electrons. The van der Waals surface area contributed by atoms with Crippen molar-refractivity contribution in [2.24, 2.45) is 11.7 Å². The molecule has 3 heteroatoms. The summed E-state index contributed by atoms with van der Waals surface area (Å²) in [6.07, 6.45) is 0.546. The zero-order chi connectivity index (χ0) is 17.7. The number of hydrogen-bond acceptors (Lipinski definition) is 2. The van der Waals surface area contributed by atoms with E-state index in [0.29, 0.717) is 12.3 Å². The van der Waals surface area contributed by atoms with E-state index in [-0.39, 0.29) is 11.9 Å². The highest BCUT2D eigenvalue weighted by Crippen LogP contribution is 2.23. The van der Waals surface area contributed by atoms with Crippen LogP contribution in [0.4, 0.5) is 0 Å². The molecule has 0 aliphatic heterocycles. The normalized spacial score (nSPS) is 13.6. The highest BCUT2D eigenvalue weighted by atomic mass is 16.2. The molecule has 24 heavy (non-hydrogen) atoms. The topological polar surface area (TPSA) is 55.1 Å². The van der Waals surface area contributed by atoms with E-state index in [9.17, 15) is 4.79 Å². The molecule has 1 amide bonds. The monoisotopic (exact) mass is 324 g/mol. The maximum atomic E-state index is 12.2. The molecule has 2 aromatic rings. The maximum absolute atomic E-state index is 12.2. The smallest absolute Gasteiger partial charge is 0.237 e. The number of hydrogen-bond donors (Lipinski definition) is 2. The Hall–Kier alpha value is -2.13. The summed E-state index contributed by atoms with van der Waals surface area (Å²) in [5, 5.41) is 2.98. The first-order chi connectivity index (χ1) is 11.4. The zero-order valence-corrected chi connectivity index (χ0v) is 15.0. The molecule has 0 saturated heterocycles. The van der Waals surface area contributed by atoms with Crippen LogP contribution in [0, 0.1) is 12.8 Å². The van der Waals surface area contributed by atoms with Gasteiger partial charge < -0.3 is 11.1 Å². The highest BCUT2D eigenvalue weighted by molar-refractivity contribution is 5.82. The van der Waals surface area contributed by atoms with Gasteiger partial charge in [0, 0.05) is 6.04 Å². The zero-order valence-electron chi connectivity index (χ0n) is 15.0. The Kier molecular flexibility index (Phi) is 6.16. The van der Waals surface area contributed by atoms with Gasteiger partial charge in [-0.2, -0.15) is 0 Å². The number of nitrogens with one attached hydrogen (secondary N) is 1. The summed E-state index contributed by atoms with van der Waals surface area (Å²) >= 11 is 0. The summed E-state index contributed by atoms with van der Waals surface area (Å²) in [5.74, 6) is 0.314. The molecule has 2 atom stereocenters. The van der Waals surface area contributed by atoms with Crippen molar-refractivity contribution in [1.82, 2.24) is 5.32 Å². The number of nitrogens with two attached hydrogens (primary N) is 1. The molecule has 3 N–H and O–H groups in total. The van der Waals surface area contributed by atoms with Gasteiger partial charge in [0.2, 0.25) is 5.91 Å². The van der Waals surface area contributed by atoms with Crippen LogP contribution in [0.25, 0.3) is 11.1 Å². The lowest BCUT2D eigenvalue weighted by atomic mass is 9.97. The van der Waals surface area contributed by atoms with Gasteiger partial charge in [0.25, 0.3) is 0 Å². The fourth-order valence-electron chi connectivity index (χ4n) is 2.56. The highest BCUT2D eigenvalue weighted by Gasteiger charge is 2.17. The minimum absolute atomic E-state index is 0.0841. The molecule has 3 nitrogen and oxygen atoms in total. The van der Waals surface area contributed by atoms with Gasteiger partial charge in [-0.1, -0.05) is 62.4 Å². The molecule has 2 unspecified atom stereocenters. The Labute approximate surface area is 145 Å². The Morgan fingerprint density at radius 2 is 1.67 bits per heavy atom. The van der Waals surface area contributed by atoms with E-state index in [1.807, 2.05) is 19.1 Å². The van der Waals surface area contributed by atoms with Crippen molar-refractivity contribution in [3.8, 4) is 11.1 Å². The number of carbonyl (C=O) groups is 1. The van der Waals surface area contributed by atoms with E-state index < -0.39 is 6.04 Å². The maximum Gasteiger partial charge on any atom is 0.237 e. The van der Waals surface area contributed by atoms with Crippen molar-refractivity contribution >= 4 is 5.91 Å². The van der Waals surface area contributed by atoms with Crippen molar-refractivity contribution in [2.75, 3.05) is 0 Å². The summed E-state index contributed by atoms with van der Waals surface area (Å²) in [4.78, 5) is 12.2. The first kappa shape index (κ1) is 18.2. The van der Waals surface area contributed by atoms with Crippen molar-refractivity contribution < 1.29 is 4.79 Å². The lowest BCUT2D eigenvalue weighted by Crippen LogP contribution is -2.47. The van der Waals surface area contributed by atoms with Crippen molar-refractivity contribution in [1.29, 1.82) is 0 Å². The molecule has 0 aliphatic carbocycles. The number of aryl methyl sites for hydroxylation is 1. The fourth-order valence-corrected chi connectivity index (χ4v) is 2.56. The van der Waals surface area contributed by atoms with E-state index >= 15 is 0 Å². The second kappa shape index (κ2) is 8.11. The molecular weight excluding hydrogens is 296 g/mol.